The Labute approximate surface area is 135 Å². The number of nitrogens with zero attached hydrogens (tertiary/aromatic N) is 1. The van der Waals surface area contributed by atoms with E-state index in [9.17, 15) is 13.2 Å². The maximum atomic E-state index is 12.6. The van der Waals surface area contributed by atoms with Crippen LogP contribution in [0, 0.1) is 0 Å². The highest BCUT2D eigenvalue weighted by Gasteiger charge is 2.21. The monoisotopic (exact) mass is 331 g/mol. The number of hydrogen-bond acceptors (Lipinski definition) is 4. The predicted octanol–water partition coefficient (Wildman–Crippen LogP) is 2.01. The smallest absolute Gasteiger partial charge is 0.241 e. The van der Waals surface area contributed by atoms with Crippen LogP contribution in [0.2, 0.25) is 0 Å². The van der Waals surface area contributed by atoms with Crippen LogP contribution in [0.5, 0.6) is 0 Å². The number of nitrogens with one attached hydrogen (secondary N) is 2. The SMILES string of the molecule is CC(NS(=O)(=O)c1ccc2c(c1)CCC(=O)N2)c1ccncc1. The van der Waals surface area contributed by atoms with E-state index in [0.29, 0.717) is 18.5 Å². The van der Waals surface area contributed by atoms with Gasteiger partial charge in [0.2, 0.25) is 15.9 Å². The summed E-state index contributed by atoms with van der Waals surface area (Å²) < 4.78 is 27.8. The summed E-state index contributed by atoms with van der Waals surface area (Å²) in [6.07, 6.45) is 4.17. The zero-order valence-corrected chi connectivity index (χ0v) is 13.4. The molecule has 0 spiro atoms. The predicted molar refractivity (Wildman–Crippen MR) is 86.4 cm³/mol. The van der Waals surface area contributed by atoms with E-state index in [1.807, 2.05) is 0 Å². The van der Waals surface area contributed by atoms with Crippen molar-refractivity contribution in [1.29, 1.82) is 0 Å². The van der Waals surface area contributed by atoms with Crippen LogP contribution in [0.15, 0.2) is 47.6 Å². The third-order valence-corrected chi connectivity index (χ3v) is 5.36. The molecule has 0 radical (unpaired) electrons. The van der Waals surface area contributed by atoms with E-state index >= 15 is 0 Å². The summed E-state index contributed by atoms with van der Waals surface area (Å²) in [7, 11) is -3.64. The number of rotatable bonds is 4. The maximum Gasteiger partial charge on any atom is 0.241 e. The molecule has 0 fully saturated rings. The van der Waals surface area contributed by atoms with Crippen molar-refractivity contribution in [3.8, 4) is 0 Å². The fourth-order valence-corrected chi connectivity index (χ4v) is 3.83. The molecule has 1 atom stereocenters. The van der Waals surface area contributed by atoms with Gasteiger partial charge in [-0.3, -0.25) is 9.78 Å². The van der Waals surface area contributed by atoms with E-state index in [1.165, 1.54) is 6.07 Å². The first-order valence-corrected chi connectivity index (χ1v) is 8.79. The lowest BCUT2D eigenvalue weighted by molar-refractivity contribution is -0.116. The molecule has 1 aromatic carbocycles. The minimum absolute atomic E-state index is 0.0439. The second-order valence-corrected chi connectivity index (χ2v) is 7.20. The molecule has 0 bridgehead atoms. The average Bonchev–Trinajstić information content (AvgIpc) is 2.54. The fraction of sp³-hybridized carbons (Fsp3) is 0.250. The van der Waals surface area contributed by atoms with Crippen LogP contribution in [-0.2, 0) is 21.2 Å². The summed E-state index contributed by atoms with van der Waals surface area (Å²) in [6.45, 7) is 1.78. The molecule has 2 aromatic rings. The number of carbonyl (C=O) groups excluding carboxylic acids is 1. The number of carbonyl (C=O) groups is 1. The Morgan fingerprint density at radius 1 is 1.17 bits per heavy atom. The Bertz CT molecular complexity index is 835. The number of benzene rings is 1. The molecule has 1 aliphatic heterocycles. The third-order valence-electron chi connectivity index (χ3n) is 3.82. The number of fused-ring (bicyclic) bond motifs is 1. The van der Waals surface area contributed by atoms with Crippen molar-refractivity contribution in [2.24, 2.45) is 0 Å². The van der Waals surface area contributed by atoms with E-state index in [0.717, 1.165) is 11.1 Å². The highest BCUT2D eigenvalue weighted by Crippen LogP contribution is 2.26. The molecule has 0 saturated carbocycles. The van der Waals surface area contributed by atoms with Crippen LogP contribution >= 0.6 is 0 Å². The first kappa shape index (κ1) is 15.6. The van der Waals surface area contributed by atoms with Crippen LogP contribution in [0.1, 0.15) is 30.5 Å². The topological polar surface area (TPSA) is 88.2 Å². The third kappa shape index (κ3) is 3.40. The van der Waals surface area contributed by atoms with Gasteiger partial charge in [-0.25, -0.2) is 13.1 Å². The van der Waals surface area contributed by atoms with Gasteiger partial charge >= 0.3 is 0 Å². The molecule has 1 amide bonds. The Morgan fingerprint density at radius 2 is 1.91 bits per heavy atom. The number of amides is 1. The van der Waals surface area contributed by atoms with E-state index in [4.69, 9.17) is 0 Å². The second-order valence-electron chi connectivity index (χ2n) is 5.49. The fourth-order valence-electron chi connectivity index (χ4n) is 2.55. The summed E-state index contributed by atoms with van der Waals surface area (Å²) >= 11 is 0. The summed E-state index contributed by atoms with van der Waals surface area (Å²) in [4.78, 5) is 15.5. The largest absolute Gasteiger partial charge is 0.326 e. The molecule has 1 aliphatic rings. The quantitative estimate of drug-likeness (QED) is 0.897. The van der Waals surface area contributed by atoms with Gasteiger partial charge < -0.3 is 5.32 Å². The molecule has 2 N–H and O–H groups in total. The van der Waals surface area contributed by atoms with Crippen molar-refractivity contribution in [2.75, 3.05) is 5.32 Å². The van der Waals surface area contributed by atoms with Gasteiger partial charge in [0.25, 0.3) is 0 Å². The Kier molecular flexibility index (Phi) is 4.14. The van der Waals surface area contributed by atoms with Crippen molar-refractivity contribution in [3.63, 3.8) is 0 Å². The summed E-state index contributed by atoms with van der Waals surface area (Å²) in [6, 6.07) is 7.95. The summed E-state index contributed by atoms with van der Waals surface area (Å²) in [5.41, 5.74) is 2.36. The molecule has 0 aliphatic carbocycles. The molecule has 23 heavy (non-hydrogen) atoms. The van der Waals surface area contributed by atoms with Crippen LogP contribution < -0.4 is 10.0 Å². The van der Waals surface area contributed by atoms with Gasteiger partial charge in [-0.2, -0.15) is 0 Å². The second kappa shape index (κ2) is 6.10. The van der Waals surface area contributed by atoms with Gasteiger partial charge in [0.1, 0.15) is 0 Å². The van der Waals surface area contributed by atoms with Crippen molar-refractivity contribution >= 4 is 21.6 Å². The lowest BCUT2D eigenvalue weighted by atomic mass is 10.0. The van der Waals surface area contributed by atoms with E-state index in [1.54, 1.807) is 43.6 Å². The first-order valence-electron chi connectivity index (χ1n) is 7.31. The van der Waals surface area contributed by atoms with E-state index in [-0.39, 0.29) is 16.8 Å². The molecule has 7 heteroatoms. The zero-order chi connectivity index (χ0) is 16.4. The Hall–Kier alpha value is -2.25. The molecule has 0 saturated heterocycles. The Morgan fingerprint density at radius 3 is 2.65 bits per heavy atom. The lowest BCUT2D eigenvalue weighted by Gasteiger charge is -2.19. The maximum absolute atomic E-state index is 12.6. The van der Waals surface area contributed by atoms with Gasteiger partial charge in [0, 0.05) is 30.5 Å². The number of anilines is 1. The van der Waals surface area contributed by atoms with Gasteiger partial charge in [0.15, 0.2) is 0 Å². The molecular formula is C16H17N3O3S. The number of aromatic nitrogens is 1. The van der Waals surface area contributed by atoms with Gasteiger partial charge in [-0.1, -0.05) is 0 Å². The summed E-state index contributed by atoms with van der Waals surface area (Å²) in [5, 5.41) is 2.74. The highest BCUT2D eigenvalue weighted by molar-refractivity contribution is 7.89. The lowest BCUT2D eigenvalue weighted by Crippen LogP contribution is -2.27. The van der Waals surface area contributed by atoms with Crippen LogP contribution in [0.25, 0.3) is 0 Å². The van der Waals surface area contributed by atoms with Crippen molar-refractivity contribution in [2.45, 2.75) is 30.7 Å². The minimum atomic E-state index is -3.64. The molecule has 120 valence electrons. The van der Waals surface area contributed by atoms with Crippen LogP contribution in [0.4, 0.5) is 5.69 Å². The van der Waals surface area contributed by atoms with Gasteiger partial charge in [-0.05, 0) is 54.8 Å². The number of aryl methyl sites for hydroxylation is 1. The molecule has 6 nitrogen and oxygen atoms in total. The molecule has 2 heterocycles. The van der Waals surface area contributed by atoms with Crippen LogP contribution in [0.3, 0.4) is 0 Å². The standard InChI is InChI=1S/C16H17N3O3S/c1-11(12-6-8-17-9-7-12)19-23(21,22)14-3-4-15-13(10-14)2-5-16(20)18-15/h3-4,6-11,19H,2,5H2,1H3,(H,18,20). The molecule has 3 rings (SSSR count). The highest BCUT2D eigenvalue weighted by atomic mass is 32.2. The summed E-state index contributed by atoms with van der Waals surface area (Å²) in [5.74, 6) is -0.0439. The Balaban J connectivity index is 1.84. The number of pyridine rings is 1. The van der Waals surface area contributed by atoms with Crippen molar-refractivity contribution < 1.29 is 13.2 Å². The molecule has 1 unspecified atom stereocenters. The minimum Gasteiger partial charge on any atom is -0.326 e. The van der Waals surface area contributed by atoms with Crippen LogP contribution in [-0.4, -0.2) is 19.3 Å². The average molecular weight is 331 g/mol. The number of sulfonamides is 1. The van der Waals surface area contributed by atoms with E-state index < -0.39 is 10.0 Å². The van der Waals surface area contributed by atoms with Crippen molar-refractivity contribution in [3.05, 3.63) is 53.9 Å². The van der Waals surface area contributed by atoms with Gasteiger partial charge in [0.05, 0.1) is 4.90 Å². The zero-order valence-electron chi connectivity index (χ0n) is 12.6. The van der Waals surface area contributed by atoms with Gasteiger partial charge in [-0.15, -0.1) is 0 Å². The molecule has 1 aromatic heterocycles. The number of hydrogen-bond donors (Lipinski definition) is 2. The normalized spacial score (nSPS) is 15.6. The van der Waals surface area contributed by atoms with E-state index in [2.05, 4.69) is 15.0 Å². The first-order chi connectivity index (χ1) is 11.0. The molecular weight excluding hydrogens is 314 g/mol. The van der Waals surface area contributed by atoms with Crippen molar-refractivity contribution in [1.82, 2.24) is 9.71 Å².